The number of rotatable bonds is 6. The van der Waals surface area contributed by atoms with Gasteiger partial charge in [0.15, 0.2) is 0 Å². The lowest BCUT2D eigenvalue weighted by Gasteiger charge is -2.12. The first-order chi connectivity index (χ1) is 8.31. The van der Waals surface area contributed by atoms with Crippen molar-refractivity contribution in [3.63, 3.8) is 0 Å². The van der Waals surface area contributed by atoms with E-state index in [1.54, 1.807) is 11.3 Å². The van der Waals surface area contributed by atoms with E-state index in [0.29, 0.717) is 6.04 Å². The third-order valence-electron chi connectivity index (χ3n) is 3.00. The van der Waals surface area contributed by atoms with Crippen molar-refractivity contribution >= 4 is 21.4 Å². The van der Waals surface area contributed by atoms with Crippen LogP contribution in [-0.2, 0) is 6.54 Å². The van der Waals surface area contributed by atoms with Crippen molar-refractivity contribution in [2.75, 3.05) is 6.61 Å². The Bertz CT molecular complexity index is 466. The second-order valence-electron chi connectivity index (χ2n) is 4.40. The molecule has 2 N–H and O–H groups in total. The summed E-state index contributed by atoms with van der Waals surface area (Å²) in [5.41, 5.74) is 1.38. The predicted octanol–water partition coefficient (Wildman–Crippen LogP) is 3.15. The zero-order valence-corrected chi connectivity index (χ0v) is 11.0. The number of nitrogens with one attached hydrogen (secondary N) is 1. The molecule has 92 valence electrons. The monoisotopic (exact) mass is 249 g/mol. The van der Waals surface area contributed by atoms with Gasteiger partial charge < -0.3 is 10.4 Å². The van der Waals surface area contributed by atoms with Crippen molar-refractivity contribution in [1.29, 1.82) is 0 Å². The van der Waals surface area contributed by atoms with Crippen molar-refractivity contribution in [2.24, 2.45) is 0 Å². The van der Waals surface area contributed by atoms with Gasteiger partial charge in [-0.25, -0.2) is 0 Å². The number of hydrogen-bond donors (Lipinski definition) is 2. The number of fused-ring (bicyclic) bond motifs is 1. The van der Waals surface area contributed by atoms with E-state index in [9.17, 15) is 0 Å². The maximum absolute atomic E-state index is 8.78. The Morgan fingerprint density at radius 1 is 1.35 bits per heavy atom. The Hall–Kier alpha value is -0.900. The molecular formula is C14H19NOS. The Labute approximate surface area is 106 Å². The molecule has 0 aliphatic heterocycles. The molecule has 0 saturated carbocycles. The lowest BCUT2D eigenvalue weighted by atomic mass is 10.1. The van der Waals surface area contributed by atoms with Crippen LogP contribution in [0.4, 0.5) is 0 Å². The highest BCUT2D eigenvalue weighted by Gasteiger charge is 2.05. The Balaban J connectivity index is 1.95. The summed E-state index contributed by atoms with van der Waals surface area (Å²) in [4.78, 5) is 0. The normalized spacial score (nSPS) is 13.1. The highest BCUT2D eigenvalue weighted by Crippen LogP contribution is 2.25. The van der Waals surface area contributed by atoms with E-state index in [4.69, 9.17) is 5.11 Å². The van der Waals surface area contributed by atoms with Crippen LogP contribution >= 0.6 is 11.3 Å². The lowest BCUT2D eigenvalue weighted by Crippen LogP contribution is -2.25. The molecule has 2 aromatic rings. The third kappa shape index (κ3) is 3.28. The van der Waals surface area contributed by atoms with Crippen LogP contribution in [0, 0.1) is 0 Å². The van der Waals surface area contributed by atoms with Crippen LogP contribution in [0.15, 0.2) is 29.6 Å². The van der Waals surface area contributed by atoms with Gasteiger partial charge in [0, 0.05) is 23.9 Å². The summed E-state index contributed by atoms with van der Waals surface area (Å²) in [6, 6.07) is 8.98. The van der Waals surface area contributed by atoms with Crippen molar-refractivity contribution in [3.05, 3.63) is 35.2 Å². The van der Waals surface area contributed by atoms with Crippen molar-refractivity contribution in [2.45, 2.75) is 32.4 Å². The molecule has 17 heavy (non-hydrogen) atoms. The number of aliphatic hydroxyl groups excluding tert-OH is 1. The summed E-state index contributed by atoms with van der Waals surface area (Å²) >= 11 is 1.80. The first kappa shape index (κ1) is 12.6. The molecule has 0 saturated heterocycles. The van der Waals surface area contributed by atoms with Gasteiger partial charge in [0.2, 0.25) is 0 Å². The van der Waals surface area contributed by atoms with Gasteiger partial charge in [-0.15, -0.1) is 11.3 Å². The molecule has 0 bridgehead atoms. The quantitative estimate of drug-likeness (QED) is 0.824. The van der Waals surface area contributed by atoms with E-state index in [1.165, 1.54) is 15.6 Å². The third-order valence-corrected chi connectivity index (χ3v) is 4.01. The summed E-state index contributed by atoms with van der Waals surface area (Å²) in [6.07, 6.45) is 1.90. The summed E-state index contributed by atoms with van der Waals surface area (Å²) in [5, 5.41) is 15.9. The van der Waals surface area contributed by atoms with Crippen LogP contribution in [0.2, 0.25) is 0 Å². The minimum atomic E-state index is 0.285. The molecular weight excluding hydrogens is 230 g/mol. The maximum Gasteiger partial charge on any atom is 0.0431 e. The van der Waals surface area contributed by atoms with Crippen LogP contribution in [0.5, 0.6) is 0 Å². The minimum absolute atomic E-state index is 0.285. The van der Waals surface area contributed by atoms with Gasteiger partial charge in [0.05, 0.1) is 0 Å². The molecule has 0 aliphatic rings. The molecule has 0 radical (unpaired) electrons. The standard InChI is InChI=1S/C14H19NOS/c1-11(5-4-8-16)15-9-12-10-17-14-7-3-2-6-13(12)14/h2-3,6-7,10-11,15-16H,4-5,8-9H2,1H3. The highest BCUT2D eigenvalue weighted by atomic mass is 32.1. The molecule has 3 heteroatoms. The molecule has 0 spiro atoms. The van der Waals surface area contributed by atoms with Gasteiger partial charge in [-0.1, -0.05) is 18.2 Å². The van der Waals surface area contributed by atoms with Crippen molar-refractivity contribution in [3.8, 4) is 0 Å². The summed E-state index contributed by atoms with van der Waals surface area (Å²) in [5.74, 6) is 0. The van der Waals surface area contributed by atoms with Crippen LogP contribution < -0.4 is 5.32 Å². The smallest absolute Gasteiger partial charge is 0.0431 e. The Morgan fingerprint density at radius 3 is 3.00 bits per heavy atom. The summed E-state index contributed by atoms with van der Waals surface area (Å²) < 4.78 is 1.35. The molecule has 2 nitrogen and oxygen atoms in total. The Morgan fingerprint density at radius 2 is 2.18 bits per heavy atom. The van der Waals surface area contributed by atoms with Crippen molar-refractivity contribution < 1.29 is 5.11 Å². The molecule has 1 aromatic heterocycles. The van der Waals surface area contributed by atoms with Gasteiger partial charge in [0.25, 0.3) is 0 Å². The van der Waals surface area contributed by atoms with Gasteiger partial charge >= 0.3 is 0 Å². The average molecular weight is 249 g/mol. The van der Waals surface area contributed by atoms with Crippen LogP contribution in [0.25, 0.3) is 10.1 Å². The maximum atomic E-state index is 8.78. The average Bonchev–Trinajstić information content (AvgIpc) is 2.77. The molecule has 1 aromatic carbocycles. The molecule has 1 atom stereocenters. The Kier molecular flexibility index (Phi) is 4.54. The fraction of sp³-hybridized carbons (Fsp3) is 0.429. The largest absolute Gasteiger partial charge is 0.396 e. The minimum Gasteiger partial charge on any atom is -0.396 e. The number of benzene rings is 1. The van der Waals surface area contributed by atoms with Crippen molar-refractivity contribution in [1.82, 2.24) is 5.32 Å². The number of thiophene rings is 1. The van der Waals surface area contributed by atoms with Crippen LogP contribution in [0.1, 0.15) is 25.3 Å². The topological polar surface area (TPSA) is 32.3 Å². The number of hydrogen-bond acceptors (Lipinski definition) is 3. The van der Waals surface area contributed by atoms with E-state index in [-0.39, 0.29) is 6.61 Å². The van der Waals surface area contributed by atoms with Gasteiger partial charge in [-0.2, -0.15) is 0 Å². The van der Waals surface area contributed by atoms with E-state index >= 15 is 0 Å². The number of aliphatic hydroxyl groups is 1. The van der Waals surface area contributed by atoms with Gasteiger partial charge in [-0.05, 0) is 42.2 Å². The second-order valence-corrected chi connectivity index (χ2v) is 5.32. The summed E-state index contributed by atoms with van der Waals surface area (Å²) in [6.45, 7) is 3.37. The van der Waals surface area contributed by atoms with Crippen LogP contribution in [-0.4, -0.2) is 17.8 Å². The molecule has 2 rings (SSSR count). The molecule has 0 fully saturated rings. The molecule has 0 aliphatic carbocycles. The van der Waals surface area contributed by atoms with E-state index in [1.807, 2.05) is 0 Å². The lowest BCUT2D eigenvalue weighted by molar-refractivity contribution is 0.276. The second kappa shape index (κ2) is 6.15. The first-order valence-electron chi connectivity index (χ1n) is 6.10. The van der Waals surface area contributed by atoms with E-state index in [0.717, 1.165) is 19.4 Å². The van der Waals surface area contributed by atoms with E-state index in [2.05, 4.69) is 41.9 Å². The zero-order chi connectivity index (χ0) is 12.1. The molecule has 1 heterocycles. The summed E-state index contributed by atoms with van der Waals surface area (Å²) in [7, 11) is 0. The fourth-order valence-electron chi connectivity index (χ4n) is 1.95. The van der Waals surface area contributed by atoms with E-state index < -0.39 is 0 Å². The van der Waals surface area contributed by atoms with Crippen LogP contribution in [0.3, 0.4) is 0 Å². The predicted molar refractivity (Wildman–Crippen MR) is 74.4 cm³/mol. The SMILES string of the molecule is CC(CCCO)NCc1csc2ccccc12. The molecule has 1 unspecified atom stereocenters. The first-order valence-corrected chi connectivity index (χ1v) is 6.98. The van der Waals surface area contributed by atoms with Gasteiger partial charge in [0.1, 0.15) is 0 Å². The van der Waals surface area contributed by atoms with Gasteiger partial charge in [-0.3, -0.25) is 0 Å². The molecule has 0 amide bonds. The highest BCUT2D eigenvalue weighted by molar-refractivity contribution is 7.17. The zero-order valence-electron chi connectivity index (χ0n) is 10.1. The fourth-order valence-corrected chi connectivity index (χ4v) is 2.92.